The predicted octanol–water partition coefficient (Wildman–Crippen LogP) is 4.75. The van der Waals surface area contributed by atoms with E-state index in [1.54, 1.807) is 20.3 Å². The summed E-state index contributed by atoms with van der Waals surface area (Å²) in [7, 11) is 5.11. The van der Waals surface area contributed by atoms with Crippen LogP contribution in [0.3, 0.4) is 0 Å². The van der Waals surface area contributed by atoms with Gasteiger partial charge in [0.05, 0.1) is 31.0 Å². The Balaban J connectivity index is 1.83. The van der Waals surface area contributed by atoms with E-state index in [-0.39, 0.29) is 5.78 Å². The summed E-state index contributed by atoms with van der Waals surface area (Å²) in [4.78, 5) is 13.0. The van der Waals surface area contributed by atoms with Gasteiger partial charge in [-0.3, -0.25) is 4.79 Å². The number of anilines is 1. The van der Waals surface area contributed by atoms with Crippen LogP contribution in [0.1, 0.15) is 41.8 Å². The van der Waals surface area contributed by atoms with Crippen LogP contribution in [0.2, 0.25) is 0 Å². The van der Waals surface area contributed by atoms with Crippen LogP contribution < -0.4 is 19.5 Å². The smallest absolute Gasteiger partial charge is 0.166 e. The van der Waals surface area contributed by atoms with Crippen molar-refractivity contribution in [3.63, 3.8) is 0 Å². The molecular weight excluding hydrogens is 354 g/mol. The lowest BCUT2D eigenvalue weighted by atomic mass is 9.95. The predicted molar refractivity (Wildman–Crippen MR) is 112 cm³/mol. The highest BCUT2D eigenvalue weighted by molar-refractivity contribution is 6.00. The Labute approximate surface area is 166 Å². The van der Waals surface area contributed by atoms with Gasteiger partial charge in [-0.15, -0.1) is 0 Å². The Hall–Kier alpha value is -2.95. The summed E-state index contributed by atoms with van der Waals surface area (Å²) in [5, 5.41) is 3.12. The van der Waals surface area contributed by atoms with Gasteiger partial charge in [0.1, 0.15) is 22.8 Å². The molecule has 28 heavy (non-hydrogen) atoms. The fourth-order valence-corrected chi connectivity index (χ4v) is 3.33. The van der Waals surface area contributed by atoms with Gasteiger partial charge in [0.25, 0.3) is 0 Å². The molecule has 1 N–H and O–H groups in total. The fraction of sp³-hybridized carbons (Fsp3) is 0.348. The zero-order valence-electron chi connectivity index (χ0n) is 17.1. The van der Waals surface area contributed by atoms with Gasteiger partial charge in [-0.05, 0) is 62.2 Å². The van der Waals surface area contributed by atoms with E-state index in [0.29, 0.717) is 29.9 Å². The molecule has 0 atom stereocenters. The summed E-state index contributed by atoms with van der Waals surface area (Å²) in [6.07, 6.45) is 4.97. The van der Waals surface area contributed by atoms with Crippen LogP contribution in [-0.2, 0) is 6.42 Å². The van der Waals surface area contributed by atoms with Crippen LogP contribution in [0.5, 0.6) is 17.2 Å². The van der Waals surface area contributed by atoms with Crippen molar-refractivity contribution in [2.45, 2.75) is 32.3 Å². The highest BCUT2D eigenvalue weighted by Gasteiger charge is 2.28. The number of nitrogens with one attached hydrogen (secondary N) is 1. The van der Waals surface area contributed by atoms with Crippen molar-refractivity contribution in [2.24, 2.45) is 0 Å². The number of carbonyl (C=O) groups is 1. The molecule has 0 saturated carbocycles. The molecule has 2 aromatic carbocycles. The molecule has 5 heteroatoms. The molecule has 1 aliphatic rings. The lowest BCUT2D eigenvalue weighted by molar-refractivity contribution is 0.0969. The number of ether oxygens (including phenoxy) is 3. The molecule has 0 aliphatic carbocycles. The molecule has 3 rings (SSSR count). The fourth-order valence-electron chi connectivity index (χ4n) is 3.33. The van der Waals surface area contributed by atoms with Gasteiger partial charge in [-0.1, -0.05) is 6.07 Å². The Morgan fingerprint density at radius 1 is 1.11 bits per heavy atom. The van der Waals surface area contributed by atoms with E-state index in [2.05, 4.69) is 5.32 Å². The normalized spacial score (nSPS) is 14.0. The van der Waals surface area contributed by atoms with Crippen molar-refractivity contribution < 1.29 is 19.0 Å². The molecule has 5 nitrogen and oxygen atoms in total. The van der Waals surface area contributed by atoms with Gasteiger partial charge in [0.2, 0.25) is 0 Å². The number of carbonyl (C=O) groups excluding carboxylic acids is 1. The van der Waals surface area contributed by atoms with Crippen molar-refractivity contribution in [1.82, 2.24) is 0 Å². The molecule has 0 saturated heterocycles. The van der Waals surface area contributed by atoms with Crippen LogP contribution in [0, 0.1) is 0 Å². The Morgan fingerprint density at radius 2 is 1.82 bits per heavy atom. The van der Waals surface area contributed by atoms with E-state index in [1.807, 2.05) is 57.3 Å². The summed E-state index contributed by atoms with van der Waals surface area (Å²) in [5.41, 5.74) is 2.92. The second kappa shape index (κ2) is 7.97. The average molecular weight is 381 g/mol. The van der Waals surface area contributed by atoms with Gasteiger partial charge in [0, 0.05) is 13.5 Å². The second-order valence-corrected chi connectivity index (χ2v) is 7.30. The van der Waals surface area contributed by atoms with Gasteiger partial charge >= 0.3 is 0 Å². The van der Waals surface area contributed by atoms with Gasteiger partial charge in [0.15, 0.2) is 5.78 Å². The molecule has 0 radical (unpaired) electrons. The number of hydrogen-bond acceptors (Lipinski definition) is 5. The van der Waals surface area contributed by atoms with Crippen molar-refractivity contribution in [3.8, 4) is 17.2 Å². The minimum atomic E-state index is -0.466. The third-order valence-corrected chi connectivity index (χ3v) is 4.87. The molecule has 2 aromatic rings. The van der Waals surface area contributed by atoms with Crippen LogP contribution in [0.15, 0.2) is 36.4 Å². The standard InChI is InChI=1S/C23H27NO4/c1-23(2)13-12-17-20(26-4)11-8-16(22(17)28-23)19(25)9-6-15-7-10-21(27-5)18(14-15)24-3/h7-8,10-14,24H,6,9H2,1-5H3. The van der Waals surface area contributed by atoms with Crippen molar-refractivity contribution in [2.75, 3.05) is 26.6 Å². The summed E-state index contributed by atoms with van der Waals surface area (Å²) >= 11 is 0. The number of methoxy groups -OCH3 is 2. The number of aryl methyl sites for hydroxylation is 1. The Kier molecular flexibility index (Phi) is 5.63. The molecule has 0 aromatic heterocycles. The van der Waals surface area contributed by atoms with Gasteiger partial charge in [-0.25, -0.2) is 0 Å². The molecule has 0 spiro atoms. The van der Waals surface area contributed by atoms with Crippen molar-refractivity contribution >= 4 is 17.5 Å². The number of benzene rings is 2. The molecular formula is C23H27NO4. The highest BCUT2D eigenvalue weighted by atomic mass is 16.5. The quantitative estimate of drug-likeness (QED) is 0.702. The first kappa shape index (κ1) is 19.8. The highest BCUT2D eigenvalue weighted by Crippen LogP contribution is 2.40. The molecule has 148 valence electrons. The molecule has 0 unspecified atom stereocenters. The van der Waals surface area contributed by atoms with Gasteiger partial charge in [-0.2, -0.15) is 0 Å². The van der Waals surface area contributed by atoms with Crippen LogP contribution >= 0.6 is 0 Å². The second-order valence-electron chi connectivity index (χ2n) is 7.30. The van der Waals surface area contributed by atoms with Crippen molar-refractivity contribution in [3.05, 3.63) is 53.1 Å². The summed E-state index contributed by atoms with van der Waals surface area (Å²) < 4.78 is 16.9. The first-order chi connectivity index (χ1) is 13.4. The third-order valence-electron chi connectivity index (χ3n) is 4.87. The minimum absolute atomic E-state index is 0.0480. The molecule has 0 fully saturated rings. The largest absolute Gasteiger partial charge is 0.496 e. The summed E-state index contributed by atoms with van der Waals surface area (Å²) in [6, 6.07) is 9.53. The zero-order valence-corrected chi connectivity index (χ0v) is 17.1. The molecule has 1 aliphatic heterocycles. The summed E-state index contributed by atoms with van der Waals surface area (Å²) in [6.45, 7) is 3.94. The lowest BCUT2D eigenvalue weighted by Gasteiger charge is -2.30. The summed E-state index contributed by atoms with van der Waals surface area (Å²) in [5.74, 6) is 2.13. The Bertz CT molecular complexity index is 915. The average Bonchev–Trinajstić information content (AvgIpc) is 2.70. The van der Waals surface area contributed by atoms with E-state index < -0.39 is 5.60 Å². The van der Waals surface area contributed by atoms with E-state index in [4.69, 9.17) is 14.2 Å². The molecule has 1 heterocycles. The number of hydrogen-bond donors (Lipinski definition) is 1. The maximum atomic E-state index is 13.0. The maximum Gasteiger partial charge on any atom is 0.166 e. The zero-order chi connectivity index (χ0) is 20.3. The Morgan fingerprint density at radius 3 is 2.50 bits per heavy atom. The van der Waals surface area contributed by atoms with E-state index in [0.717, 1.165) is 22.6 Å². The van der Waals surface area contributed by atoms with Crippen LogP contribution in [0.25, 0.3) is 6.08 Å². The molecule has 0 bridgehead atoms. The van der Waals surface area contributed by atoms with E-state index >= 15 is 0 Å². The van der Waals surface area contributed by atoms with Crippen LogP contribution in [-0.4, -0.2) is 32.7 Å². The van der Waals surface area contributed by atoms with Gasteiger partial charge < -0.3 is 19.5 Å². The number of ketones is 1. The monoisotopic (exact) mass is 381 g/mol. The van der Waals surface area contributed by atoms with Crippen molar-refractivity contribution in [1.29, 1.82) is 0 Å². The first-order valence-electron chi connectivity index (χ1n) is 9.35. The number of Topliss-reactive ketones (excluding diaryl/α,β-unsaturated/α-hetero) is 1. The first-order valence-corrected chi connectivity index (χ1v) is 9.35. The lowest BCUT2D eigenvalue weighted by Crippen LogP contribution is -2.28. The van der Waals surface area contributed by atoms with E-state index in [1.165, 1.54) is 0 Å². The topological polar surface area (TPSA) is 56.8 Å². The number of rotatable bonds is 7. The number of fused-ring (bicyclic) bond motifs is 1. The SMILES string of the molecule is CNc1cc(CCC(=O)c2ccc(OC)c3c2OC(C)(C)C=C3)ccc1OC. The minimum Gasteiger partial charge on any atom is -0.496 e. The molecule has 0 amide bonds. The van der Waals surface area contributed by atoms with E-state index in [9.17, 15) is 4.79 Å². The third kappa shape index (κ3) is 3.98. The maximum absolute atomic E-state index is 13.0. The van der Waals surface area contributed by atoms with Crippen LogP contribution in [0.4, 0.5) is 5.69 Å².